The number of anilines is 2. The second kappa shape index (κ2) is 9.64. The average Bonchev–Trinajstić information content (AvgIpc) is 2.57. The van der Waals surface area contributed by atoms with Crippen molar-refractivity contribution in [1.82, 2.24) is 15.2 Å². The highest BCUT2D eigenvalue weighted by molar-refractivity contribution is 6.35. The molecule has 1 N–H and O–H groups in total. The fourth-order valence-corrected chi connectivity index (χ4v) is 2.94. The molecule has 1 aromatic heterocycles. The zero-order valence-electron chi connectivity index (χ0n) is 14.1. The Hall–Kier alpha value is -1.59. The van der Waals surface area contributed by atoms with Gasteiger partial charge in [-0.25, -0.2) is 0 Å². The summed E-state index contributed by atoms with van der Waals surface area (Å²) in [6.45, 7) is 6.92. The summed E-state index contributed by atoms with van der Waals surface area (Å²) in [5, 5.41) is 12.7. The first-order valence-corrected chi connectivity index (χ1v) is 9.02. The molecule has 130 valence electrons. The minimum atomic E-state index is 0.537. The first-order chi connectivity index (χ1) is 11.6. The summed E-state index contributed by atoms with van der Waals surface area (Å²) in [6.07, 6.45) is 4.62. The van der Waals surface area contributed by atoms with Crippen molar-refractivity contribution in [2.45, 2.75) is 33.1 Å². The summed E-state index contributed by atoms with van der Waals surface area (Å²) in [5.74, 6) is 1.40. The van der Waals surface area contributed by atoms with Gasteiger partial charge < -0.3 is 10.2 Å². The van der Waals surface area contributed by atoms with Gasteiger partial charge in [-0.2, -0.15) is 10.1 Å². The summed E-state index contributed by atoms with van der Waals surface area (Å²) >= 11 is 12.1. The number of hydrogen-bond donors (Lipinski definition) is 1. The van der Waals surface area contributed by atoms with Crippen molar-refractivity contribution in [1.29, 1.82) is 0 Å². The second-order valence-corrected chi connectivity index (χ2v) is 6.38. The topological polar surface area (TPSA) is 53.9 Å². The van der Waals surface area contributed by atoms with E-state index in [9.17, 15) is 0 Å². The number of hydrogen-bond acceptors (Lipinski definition) is 5. The molecule has 2 aromatic rings. The molecule has 1 heterocycles. The smallest absolute Gasteiger partial charge is 0.244 e. The van der Waals surface area contributed by atoms with Gasteiger partial charge in [0, 0.05) is 29.7 Å². The Kier molecular flexibility index (Phi) is 7.53. The van der Waals surface area contributed by atoms with Crippen molar-refractivity contribution in [3.8, 4) is 0 Å². The van der Waals surface area contributed by atoms with Gasteiger partial charge in [0.2, 0.25) is 5.95 Å². The normalized spacial score (nSPS) is 10.7. The van der Waals surface area contributed by atoms with Gasteiger partial charge in [-0.05, 0) is 37.0 Å². The number of halogens is 2. The highest BCUT2D eigenvalue weighted by Crippen LogP contribution is 2.21. The maximum atomic E-state index is 6.19. The van der Waals surface area contributed by atoms with E-state index in [2.05, 4.69) is 39.2 Å². The molecule has 0 amide bonds. The molecule has 0 aliphatic carbocycles. The lowest BCUT2D eigenvalue weighted by molar-refractivity contribution is 0.727. The van der Waals surface area contributed by atoms with Crippen LogP contribution in [-0.2, 0) is 6.42 Å². The average molecular weight is 368 g/mol. The molecule has 0 radical (unpaired) electrons. The van der Waals surface area contributed by atoms with Crippen LogP contribution in [-0.4, -0.2) is 34.8 Å². The van der Waals surface area contributed by atoms with E-state index >= 15 is 0 Å². The van der Waals surface area contributed by atoms with Crippen molar-refractivity contribution >= 4 is 35.0 Å². The summed E-state index contributed by atoms with van der Waals surface area (Å²) in [7, 11) is 0. The molecule has 0 saturated heterocycles. The summed E-state index contributed by atoms with van der Waals surface area (Å²) in [5.41, 5.74) is 1.04. The maximum absolute atomic E-state index is 6.19. The molecule has 0 aliphatic rings. The second-order valence-electron chi connectivity index (χ2n) is 5.54. The van der Waals surface area contributed by atoms with E-state index < -0.39 is 0 Å². The van der Waals surface area contributed by atoms with Gasteiger partial charge in [0.15, 0.2) is 5.82 Å². The third kappa shape index (κ3) is 5.49. The Bertz CT molecular complexity index is 645. The quantitative estimate of drug-likeness (QED) is 0.708. The van der Waals surface area contributed by atoms with Crippen LogP contribution >= 0.6 is 23.2 Å². The van der Waals surface area contributed by atoms with Gasteiger partial charge in [-0.1, -0.05) is 43.1 Å². The van der Waals surface area contributed by atoms with E-state index in [1.807, 2.05) is 12.1 Å². The maximum Gasteiger partial charge on any atom is 0.244 e. The minimum Gasteiger partial charge on any atom is -0.355 e. The van der Waals surface area contributed by atoms with Gasteiger partial charge in [0.1, 0.15) is 0 Å². The minimum absolute atomic E-state index is 0.537. The van der Waals surface area contributed by atoms with Crippen molar-refractivity contribution in [2.75, 3.05) is 29.9 Å². The molecule has 1 aromatic carbocycles. The van der Waals surface area contributed by atoms with Crippen LogP contribution in [0, 0.1) is 0 Å². The fourth-order valence-electron chi connectivity index (χ4n) is 2.44. The molecule has 7 heteroatoms. The highest BCUT2D eigenvalue weighted by Gasteiger charge is 2.08. The molecular weight excluding hydrogens is 345 g/mol. The van der Waals surface area contributed by atoms with E-state index in [1.165, 1.54) is 0 Å². The van der Waals surface area contributed by atoms with Gasteiger partial charge in [-0.3, -0.25) is 0 Å². The van der Waals surface area contributed by atoms with Gasteiger partial charge in [0.05, 0.1) is 6.20 Å². The Balaban J connectivity index is 1.96. The first kappa shape index (κ1) is 18.7. The Labute approximate surface area is 153 Å². The van der Waals surface area contributed by atoms with E-state index in [0.717, 1.165) is 43.7 Å². The van der Waals surface area contributed by atoms with Crippen molar-refractivity contribution in [3.05, 3.63) is 40.0 Å². The summed E-state index contributed by atoms with van der Waals surface area (Å²) < 4.78 is 0. The van der Waals surface area contributed by atoms with E-state index in [0.29, 0.717) is 22.5 Å². The molecule has 0 atom stereocenters. The molecule has 0 saturated carbocycles. The first-order valence-electron chi connectivity index (χ1n) is 8.26. The van der Waals surface area contributed by atoms with Crippen LogP contribution < -0.4 is 10.2 Å². The standard InChI is InChI=1S/C17H23Cl2N5/c1-3-9-24(10-4-2)16-12-21-23-17(22-16)20-8-7-13-5-6-14(18)11-15(13)19/h5-6,11-12H,3-4,7-10H2,1-2H3,(H,20,22,23). The largest absolute Gasteiger partial charge is 0.355 e. The van der Waals surface area contributed by atoms with Crippen LogP contribution in [0.25, 0.3) is 0 Å². The lowest BCUT2D eigenvalue weighted by Gasteiger charge is -2.22. The Morgan fingerprint density at radius 1 is 1.12 bits per heavy atom. The lowest BCUT2D eigenvalue weighted by atomic mass is 10.1. The predicted octanol–water partition coefficient (Wildman–Crippen LogP) is 4.46. The van der Waals surface area contributed by atoms with Crippen LogP contribution in [0.1, 0.15) is 32.3 Å². The molecule has 5 nitrogen and oxygen atoms in total. The van der Waals surface area contributed by atoms with E-state index in [4.69, 9.17) is 23.2 Å². The van der Waals surface area contributed by atoms with E-state index in [-0.39, 0.29) is 0 Å². The van der Waals surface area contributed by atoms with Crippen molar-refractivity contribution in [2.24, 2.45) is 0 Å². The zero-order chi connectivity index (χ0) is 17.4. The fraction of sp³-hybridized carbons (Fsp3) is 0.471. The molecule has 24 heavy (non-hydrogen) atoms. The Morgan fingerprint density at radius 3 is 2.54 bits per heavy atom. The third-order valence-electron chi connectivity index (χ3n) is 3.55. The number of rotatable bonds is 9. The van der Waals surface area contributed by atoms with E-state index in [1.54, 1.807) is 12.3 Å². The van der Waals surface area contributed by atoms with Crippen LogP contribution in [0.2, 0.25) is 10.0 Å². The lowest BCUT2D eigenvalue weighted by Crippen LogP contribution is -2.26. The molecule has 2 rings (SSSR count). The van der Waals surface area contributed by atoms with Gasteiger partial charge >= 0.3 is 0 Å². The SMILES string of the molecule is CCCN(CCC)c1cnnc(NCCc2ccc(Cl)cc2Cl)n1. The molecule has 0 aliphatic heterocycles. The number of aromatic nitrogens is 3. The van der Waals surface area contributed by atoms with Crippen molar-refractivity contribution in [3.63, 3.8) is 0 Å². The summed E-state index contributed by atoms with van der Waals surface area (Å²) in [4.78, 5) is 6.80. The van der Waals surface area contributed by atoms with Crippen molar-refractivity contribution < 1.29 is 0 Å². The van der Waals surface area contributed by atoms with Gasteiger partial charge in [0.25, 0.3) is 0 Å². The monoisotopic (exact) mass is 367 g/mol. The molecule has 0 bridgehead atoms. The Morgan fingerprint density at radius 2 is 1.88 bits per heavy atom. The number of benzene rings is 1. The molecular formula is C17H23Cl2N5. The van der Waals surface area contributed by atoms with Crippen LogP contribution in [0.4, 0.5) is 11.8 Å². The molecule has 0 spiro atoms. The van der Waals surface area contributed by atoms with Crippen LogP contribution in [0.3, 0.4) is 0 Å². The van der Waals surface area contributed by atoms with Crippen LogP contribution in [0.5, 0.6) is 0 Å². The van der Waals surface area contributed by atoms with Gasteiger partial charge in [-0.15, -0.1) is 5.10 Å². The van der Waals surface area contributed by atoms with Crippen LogP contribution in [0.15, 0.2) is 24.4 Å². The predicted molar refractivity (Wildman–Crippen MR) is 101 cm³/mol. The zero-order valence-corrected chi connectivity index (χ0v) is 15.6. The third-order valence-corrected chi connectivity index (χ3v) is 4.14. The highest BCUT2D eigenvalue weighted by atomic mass is 35.5. The number of nitrogens with one attached hydrogen (secondary N) is 1. The summed E-state index contributed by atoms with van der Waals surface area (Å²) in [6, 6.07) is 5.53. The molecule has 0 unspecified atom stereocenters. The molecule has 0 fully saturated rings. The number of nitrogens with zero attached hydrogens (tertiary/aromatic N) is 4.